The van der Waals surface area contributed by atoms with Crippen LogP contribution in [0.3, 0.4) is 0 Å². The number of rotatable bonds is 4. The summed E-state index contributed by atoms with van der Waals surface area (Å²) in [7, 11) is 0. The molecule has 9 heteroatoms. The zero-order chi connectivity index (χ0) is 15.9. The first-order chi connectivity index (χ1) is 10.6. The van der Waals surface area contributed by atoms with Crippen LogP contribution in [0.25, 0.3) is 11.2 Å². The Kier molecular flexibility index (Phi) is 3.69. The summed E-state index contributed by atoms with van der Waals surface area (Å²) in [6.07, 6.45) is 1.23. The van der Waals surface area contributed by atoms with Gasteiger partial charge in [0.15, 0.2) is 11.2 Å². The van der Waals surface area contributed by atoms with Crippen molar-refractivity contribution in [1.29, 1.82) is 0 Å². The van der Waals surface area contributed by atoms with Crippen molar-refractivity contribution in [1.82, 2.24) is 19.1 Å². The van der Waals surface area contributed by atoms with Crippen molar-refractivity contribution in [3.05, 3.63) is 29.3 Å². The number of allylic oxidation sites excluding steroid dienone is 1. The Bertz CT molecular complexity index is 768. The number of aromatic nitrogens is 4. The highest BCUT2D eigenvalue weighted by molar-refractivity contribution is 5.71. The van der Waals surface area contributed by atoms with Crippen molar-refractivity contribution < 1.29 is 14.9 Å². The first-order valence-corrected chi connectivity index (χ1v) is 6.85. The van der Waals surface area contributed by atoms with E-state index in [0.717, 1.165) is 0 Å². The molecule has 118 valence electrons. The number of imidazole rings is 1. The van der Waals surface area contributed by atoms with Gasteiger partial charge in [-0.1, -0.05) is 6.08 Å². The van der Waals surface area contributed by atoms with Gasteiger partial charge in [0.1, 0.15) is 12.3 Å². The summed E-state index contributed by atoms with van der Waals surface area (Å²) in [6.45, 7) is 3.53. The van der Waals surface area contributed by atoms with Crippen molar-refractivity contribution in [3.8, 4) is 0 Å². The number of nitrogens with zero attached hydrogens (tertiary/aromatic N) is 4. The van der Waals surface area contributed by atoms with E-state index in [1.165, 1.54) is 10.9 Å². The van der Waals surface area contributed by atoms with Gasteiger partial charge < -0.3 is 20.7 Å². The monoisotopic (exact) mass is 307 g/mol. The highest BCUT2D eigenvalue weighted by Crippen LogP contribution is 2.30. The normalized spacial score (nSPS) is 24.9. The molecule has 0 spiro atoms. The van der Waals surface area contributed by atoms with E-state index in [1.54, 1.807) is 10.6 Å². The maximum atomic E-state index is 12.3. The quantitative estimate of drug-likeness (QED) is 0.618. The first-order valence-electron chi connectivity index (χ1n) is 6.85. The van der Waals surface area contributed by atoms with E-state index in [9.17, 15) is 9.90 Å². The molecule has 9 nitrogen and oxygen atoms in total. The zero-order valence-electron chi connectivity index (χ0n) is 11.8. The molecule has 22 heavy (non-hydrogen) atoms. The smallest absolute Gasteiger partial charge is 0.283 e. The Hall–Kier alpha value is -2.23. The van der Waals surface area contributed by atoms with Gasteiger partial charge >= 0.3 is 0 Å². The second-order valence-corrected chi connectivity index (χ2v) is 5.11. The second-order valence-electron chi connectivity index (χ2n) is 5.11. The van der Waals surface area contributed by atoms with Crippen LogP contribution in [0.15, 0.2) is 23.8 Å². The Balaban J connectivity index is 2.07. The number of aliphatic hydroxyl groups excluding tert-OH is 2. The number of aliphatic hydroxyl groups is 2. The number of nitrogens with two attached hydrogens (primary N) is 1. The summed E-state index contributed by atoms with van der Waals surface area (Å²) >= 11 is 0. The Labute approximate surface area is 125 Å². The van der Waals surface area contributed by atoms with Gasteiger partial charge in [0.2, 0.25) is 5.95 Å². The van der Waals surface area contributed by atoms with E-state index in [1.807, 2.05) is 0 Å². The third kappa shape index (κ3) is 2.19. The lowest BCUT2D eigenvalue weighted by Crippen LogP contribution is -2.25. The minimum atomic E-state index is -0.786. The first kappa shape index (κ1) is 14.7. The summed E-state index contributed by atoms with van der Waals surface area (Å²) in [5.41, 5.74) is 5.91. The van der Waals surface area contributed by atoms with Gasteiger partial charge in [-0.3, -0.25) is 13.9 Å². The van der Waals surface area contributed by atoms with Crippen LogP contribution in [-0.4, -0.2) is 48.1 Å². The lowest BCUT2D eigenvalue weighted by atomic mass is 10.2. The summed E-state index contributed by atoms with van der Waals surface area (Å²) in [5, 5.41) is 19.0. The molecule has 0 bridgehead atoms. The molecule has 3 rings (SSSR count). The highest BCUT2D eigenvalue weighted by atomic mass is 16.5. The Morgan fingerprint density at radius 3 is 3.00 bits per heavy atom. The zero-order valence-corrected chi connectivity index (χ0v) is 11.8. The number of ether oxygens (including phenoxy) is 1. The minimum Gasteiger partial charge on any atom is -0.394 e. The molecule has 3 atom stereocenters. The molecule has 1 saturated heterocycles. The van der Waals surface area contributed by atoms with Gasteiger partial charge in [-0.25, -0.2) is 4.98 Å². The van der Waals surface area contributed by atoms with E-state index in [4.69, 9.17) is 15.6 Å². The molecule has 4 N–H and O–H groups in total. The average molecular weight is 307 g/mol. The molecule has 1 aliphatic heterocycles. The van der Waals surface area contributed by atoms with Gasteiger partial charge in [0, 0.05) is 13.0 Å². The molecule has 0 aliphatic carbocycles. The molecule has 1 fully saturated rings. The molecule has 2 aromatic rings. The summed E-state index contributed by atoms with van der Waals surface area (Å²) in [4.78, 5) is 20.6. The maximum Gasteiger partial charge on any atom is 0.283 e. The molecule has 0 radical (unpaired) electrons. The van der Waals surface area contributed by atoms with E-state index in [2.05, 4.69) is 16.5 Å². The second kappa shape index (κ2) is 5.52. The standard InChI is InChI=1S/C13H17N5O4/c1-2-3-17-12(21)10-11(16-13(17)14)18(6-15-10)9-4-7(20)8(5-19)22-9/h2,6-9,19-20H,1,3-5H2,(H2,14,16)/t7-,8-,9-/m1/s1. The summed E-state index contributed by atoms with van der Waals surface area (Å²) < 4.78 is 8.37. The van der Waals surface area contributed by atoms with Crippen LogP contribution in [0.5, 0.6) is 0 Å². The third-order valence-electron chi connectivity index (χ3n) is 3.72. The Morgan fingerprint density at radius 2 is 2.36 bits per heavy atom. The van der Waals surface area contributed by atoms with E-state index in [0.29, 0.717) is 5.65 Å². The van der Waals surface area contributed by atoms with Crippen molar-refractivity contribution >= 4 is 17.1 Å². The number of hydrogen-bond donors (Lipinski definition) is 3. The van der Waals surface area contributed by atoms with Gasteiger partial charge in [-0.15, -0.1) is 6.58 Å². The largest absolute Gasteiger partial charge is 0.394 e. The average Bonchev–Trinajstić information content (AvgIpc) is 3.06. The number of anilines is 1. The number of nitrogen functional groups attached to an aromatic ring is 1. The van der Waals surface area contributed by atoms with Crippen LogP contribution in [-0.2, 0) is 11.3 Å². The fourth-order valence-corrected chi connectivity index (χ4v) is 2.58. The number of hydrogen-bond acceptors (Lipinski definition) is 7. The molecule has 1 aliphatic rings. The van der Waals surface area contributed by atoms with Crippen LogP contribution in [0, 0.1) is 0 Å². The van der Waals surface area contributed by atoms with Crippen LogP contribution >= 0.6 is 0 Å². The molecule has 0 aromatic carbocycles. The third-order valence-corrected chi connectivity index (χ3v) is 3.72. The van der Waals surface area contributed by atoms with Crippen molar-refractivity contribution in [2.75, 3.05) is 12.3 Å². The van der Waals surface area contributed by atoms with Crippen LogP contribution < -0.4 is 11.3 Å². The predicted octanol–water partition coefficient (Wildman–Crippen LogP) is -0.998. The van der Waals surface area contributed by atoms with Gasteiger partial charge in [0.25, 0.3) is 5.56 Å². The molecular weight excluding hydrogens is 290 g/mol. The topological polar surface area (TPSA) is 128 Å². The molecule has 0 saturated carbocycles. The van der Waals surface area contributed by atoms with E-state index >= 15 is 0 Å². The fourth-order valence-electron chi connectivity index (χ4n) is 2.58. The van der Waals surface area contributed by atoms with Gasteiger partial charge in [-0.05, 0) is 0 Å². The molecule has 0 unspecified atom stereocenters. The minimum absolute atomic E-state index is 0.0522. The lowest BCUT2D eigenvalue weighted by Gasteiger charge is -2.14. The highest BCUT2D eigenvalue weighted by Gasteiger charge is 2.35. The molecular formula is C13H17N5O4. The predicted molar refractivity (Wildman–Crippen MR) is 78.0 cm³/mol. The maximum absolute atomic E-state index is 12.3. The molecule has 2 aromatic heterocycles. The number of fused-ring (bicyclic) bond motifs is 1. The summed E-state index contributed by atoms with van der Waals surface area (Å²) in [5.74, 6) is 0.0522. The summed E-state index contributed by atoms with van der Waals surface area (Å²) in [6, 6.07) is 0. The van der Waals surface area contributed by atoms with Crippen LogP contribution in [0.2, 0.25) is 0 Å². The van der Waals surface area contributed by atoms with Crippen molar-refractivity contribution in [3.63, 3.8) is 0 Å². The molecule has 3 heterocycles. The van der Waals surface area contributed by atoms with Gasteiger partial charge in [-0.2, -0.15) is 4.98 Å². The van der Waals surface area contributed by atoms with Crippen LogP contribution in [0.4, 0.5) is 5.95 Å². The molecule has 0 amide bonds. The fraction of sp³-hybridized carbons (Fsp3) is 0.462. The van der Waals surface area contributed by atoms with Gasteiger partial charge in [0.05, 0.1) is 19.0 Å². The SMILES string of the molecule is C=CCn1c(N)nc2c(ncn2[C@H]2C[C@@H](O)[C@@H](CO)O2)c1=O. The van der Waals surface area contributed by atoms with Crippen LogP contribution in [0.1, 0.15) is 12.6 Å². The van der Waals surface area contributed by atoms with Crippen molar-refractivity contribution in [2.24, 2.45) is 0 Å². The van der Waals surface area contributed by atoms with E-state index in [-0.39, 0.29) is 36.6 Å². The van der Waals surface area contributed by atoms with Crippen molar-refractivity contribution in [2.45, 2.75) is 31.4 Å². The lowest BCUT2D eigenvalue weighted by molar-refractivity contribution is -0.0432. The Morgan fingerprint density at radius 1 is 1.59 bits per heavy atom. The van der Waals surface area contributed by atoms with E-state index < -0.39 is 18.4 Å².